The van der Waals surface area contributed by atoms with Gasteiger partial charge < -0.3 is 18.1 Å². The Morgan fingerprint density at radius 1 is 1.60 bits per heavy atom. The van der Waals surface area contributed by atoms with E-state index in [4.69, 9.17) is 17.3 Å². The molecule has 2 N–H and O–H groups in total. The minimum atomic E-state index is 0. The van der Waals surface area contributed by atoms with Crippen molar-refractivity contribution in [2.45, 2.75) is 0 Å². The lowest BCUT2D eigenvalue weighted by molar-refractivity contribution is -0.000000908. The minimum absolute atomic E-state index is 0. The molecule has 0 fully saturated rings. The molecule has 0 heterocycles. The topological polar surface area (TPSA) is 26.0 Å². The molecule has 0 radical (unpaired) electrons. The average molecular weight is 115 g/mol. The summed E-state index contributed by atoms with van der Waals surface area (Å²) in [6.45, 7) is 0.585. The van der Waals surface area contributed by atoms with Crippen LogP contribution in [0.4, 0.5) is 0 Å². The van der Waals surface area contributed by atoms with Gasteiger partial charge in [-0.15, -0.1) is 11.6 Å². The van der Waals surface area contributed by atoms with Gasteiger partial charge in [-0.1, -0.05) is 0 Å². The zero-order valence-corrected chi connectivity index (χ0v) is 4.26. The van der Waals surface area contributed by atoms with Crippen LogP contribution in [-0.2, 0) is 0 Å². The van der Waals surface area contributed by atoms with E-state index in [0.29, 0.717) is 12.4 Å². The second-order valence-corrected chi connectivity index (χ2v) is 0.856. The molecule has 0 saturated carbocycles. The van der Waals surface area contributed by atoms with E-state index in [-0.39, 0.29) is 12.4 Å². The zero-order valence-electron chi connectivity index (χ0n) is 2.75. The van der Waals surface area contributed by atoms with Gasteiger partial charge in [-0.3, -0.25) is 0 Å². The van der Waals surface area contributed by atoms with Gasteiger partial charge in [0.1, 0.15) is 0 Å². The summed E-state index contributed by atoms with van der Waals surface area (Å²) in [5.74, 6) is 0.569. The van der Waals surface area contributed by atoms with Gasteiger partial charge in [0.25, 0.3) is 0 Å². The largest absolute Gasteiger partial charge is 1.00 e. The molecule has 0 amide bonds. The van der Waals surface area contributed by atoms with E-state index in [2.05, 4.69) is 0 Å². The van der Waals surface area contributed by atoms with Gasteiger partial charge >= 0.3 is 0 Å². The molecular weight excluding hydrogens is 109 g/mol. The molecule has 0 aliphatic rings. The third-order valence-electron chi connectivity index (χ3n) is 0.109. The minimum Gasteiger partial charge on any atom is -1.00 e. The number of halogens is 2. The van der Waals surface area contributed by atoms with E-state index in [1.807, 2.05) is 0 Å². The van der Waals surface area contributed by atoms with Crippen molar-refractivity contribution < 1.29 is 12.4 Å². The molecule has 0 spiro atoms. The van der Waals surface area contributed by atoms with Crippen molar-refractivity contribution in [2.75, 3.05) is 12.4 Å². The van der Waals surface area contributed by atoms with Crippen LogP contribution in [0, 0.1) is 0 Å². The highest BCUT2D eigenvalue weighted by molar-refractivity contribution is 6.18. The van der Waals surface area contributed by atoms with Crippen LogP contribution in [0.2, 0.25) is 0 Å². The van der Waals surface area contributed by atoms with E-state index in [1.165, 1.54) is 0 Å². The quantitative estimate of drug-likeness (QED) is 0.367. The average Bonchev–Trinajstić information content (AvgIpc) is 1.37. The van der Waals surface area contributed by atoms with E-state index in [0.717, 1.165) is 0 Å². The normalized spacial score (nSPS) is 6.00. The summed E-state index contributed by atoms with van der Waals surface area (Å²) in [6.07, 6.45) is 0. The van der Waals surface area contributed by atoms with Gasteiger partial charge in [-0.25, -0.2) is 0 Å². The molecule has 0 saturated heterocycles. The molecule has 0 atom stereocenters. The Labute approximate surface area is 42.9 Å². The van der Waals surface area contributed by atoms with Crippen LogP contribution in [0.1, 0.15) is 0 Å². The number of hydrogen-bond acceptors (Lipinski definition) is 1. The molecule has 0 aromatic heterocycles. The van der Waals surface area contributed by atoms with Crippen molar-refractivity contribution in [3.05, 3.63) is 0 Å². The Bertz CT molecular complexity index is 9.61. The predicted octanol–water partition coefficient (Wildman–Crippen LogP) is -2.81. The third kappa shape index (κ3) is 12.4. The SMILES string of the molecule is NCCCl.[Cl-]. The van der Waals surface area contributed by atoms with Crippen molar-refractivity contribution in [1.29, 1.82) is 0 Å². The van der Waals surface area contributed by atoms with Crippen molar-refractivity contribution >= 4 is 11.6 Å². The Morgan fingerprint density at radius 2 is 1.80 bits per heavy atom. The zero-order chi connectivity index (χ0) is 3.41. The fourth-order valence-electron chi connectivity index (χ4n) is 0. The van der Waals surface area contributed by atoms with Crippen molar-refractivity contribution in [1.82, 2.24) is 0 Å². The van der Waals surface area contributed by atoms with Crippen LogP contribution in [-0.4, -0.2) is 12.4 Å². The molecule has 0 unspecified atom stereocenters. The maximum absolute atomic E-state index is 5.06. The maximum Gasteiger partial charge on any atom is 0.0346 e. The van der Waals surface area contributed by atoms with Gasteiger partial charge in [-0.05, 0) is 0 Å². The molecule has 0 aromatic rings. The first-order valence-electron chi connectivity index (χ1n) is 1.18. The molecule has 0 rings (SSSR count). The summed E-state index contributed by atoms with van der Waals surface area (Å²) < 4.78 is 0. The van der Waals surface area contributed by atoms with Gasteiger partial charge in [0.05, 0.1) is 0 Å². The van der Waals surface area contributed by atoms with Crippen LogP contribution in [0.15, 0.2) is 0 Å². The second-order valence-electron chi connectivity index (χ2n) is 0.478. The van der Waals surface area contributed by atoms with E-state index in [9.17, 15) is 0 Å². The molecule has 34 valence electrons. The lowest BCUT2D eigenvalue weighted by Crippen LogP contribution is -3.00. The summed E-state index contributed by atoms with van der Waals surface area (Å²) in [7, 11) is 0. The fraction of sp³-hybridized carbons (Fsp3) is 1.00. The fourth-order valence-corrected chi connectivity index (χ4v) is 0. The van der Waals surface area contributed by atoms with Gasteiger partial charge in [0, 0.05) is 12.4 Å². The summed E-state index contributed by atoms with van der Waals surface area (Å²) in [4.78, 5) is 0. The highest BCUT2D eigenvalue weighted by atomic mass is 35.5. The van der Waals surface area contributed by atoms with E-state index < -0.39 is 0 Å². The lowest BCUT2D eigenvalue weighted by atomic mass is 10.8. The lowest BCUT2D eigenvalue weighted by Gasteiger charge is -1.68. The van der Waals surface area contributed by atoms with Gasteiger partial charge in [0.2, 0.25) is 0 Å². The Balaban J connectivity index is 0. The monoisotopic (exact) mass is 114 g/mol. The molecule has 0 aromatic carbocycles. The second kappa shape index (κ2) is 8.82. The predicted molar refractivity (Wildman–Crippen MR) is 19.8 cm³/mol. The van der Waals surface area contributed by atoms with Crippen LogP contribution in [0.3, 0.4) is 0 Å². The molecule has 1 nitrogen and oxygen atoms in total. The van der Waals surface area contributed by atoms with Crippen molar-refractivity contribution in [3.8, 4) is 0 Å². The smallest absolute Gasteiger partial charge is 0.0346 e. The molecule has 5 heavy (non-hydrogen) atoms. The molecule has 3 heteroatoms. The molecule has 0 bridgehead atoms. The summed E-state index contributed by atoms with van der Waals surface area (Å²) in [5, 5.41) is 0. The Kier molecular flexibility index (Phi) is 16.1. The number of alkyl halides is 1. The van der Waals surface area contributed by atoms with Gasteiger partial charge in [0.15, 0.2) is 0 Å². The number of nitrogens with two attached hydrogens (primary N) is 1. The van der Waals surface area contributed by atoms with E-state index in [1.54, 1.807) is 0 Å². The first-order valence-corrected chi connectivity index (χ1v) is 1.71. The first kappa shape index (κ1) is 9.11. The first-order chi connectivity index (χ1) is 1.91. The summed E-state index contributed by atoms with van der Waals surface area (Å²) in [5.41, 5.74) is 4.90. The third-order valence-corrected chi connectivity index (χ3v) is 0.327. The number of hydrogen-bond donors (Lipinski definition) is 1. The standard InChI is InChI=1S/C2H6ClN.ClH/c3-1-2-4;/h1-2,4H2;1H/p-1. The maximum atomic E-state index is 5.06. The highest BCUT2D eigenvalue weighted by Crippen LogP contribution is 1.60. The van der Waals surface area contributed by atoms with E-state index >= 15 is 0 Å². The van der Waals surface area contributed by atoms with Gasteiger partial charge in [-0.2, -0.15) is 0 Å². The van der Waals surface area contributed by atoms with Crippen LogP contribution in [0.25, 0.3) is 0 Å². The summed E-state index contributed by atoms with van der Waals surface area (Å²) in [6, 6.07) is 0. The summed E-state index contributed by atoms with van der Waals surface area (Å²) >= 11 is 5.06. The molecular formula is C2H6Cl2N-. The highest BCUT2D eigenvalue weighted by Gasteiger charge is 1.58. The molecule has 0 aliphatic heterocycles. The Morgan fingerprint density at radius 3 is 1.80 bits per heavy atom. The van der Waals surface area contributed by atoms with Crippen LogP contribution in [0.5, 0.6) is 0 Å². The number of rotatable bonds is 1. The van der Waals surface area contributed by atoms with Crippen molar-refractivity contribution in [2.24, 2.45) is 5.73 Å². The van der Waals surface area contributed by atoms with Crippen LogP contribution >= 0.6 is 11.6 Å². The Hall–Kier alpha value is 0.540. The molecule has 0 aliphatic carbocycles. The van der Waals surface area contributed by atoms with Crippen LogP contribution < -0.4 is 18.1 Å². The van der Waals surface area contributed by atoms with Crippen molar-refractivity contribution in [3.63, 3.8) is 0 Å².